The Bertz CT molecular complexity index is 922. The van der Waals surface area contributed by atoms with Crippen LogP contribution in [0.15, 0.2) is 41.6 Å². The lowest BCUT2D eigenvalue weighted by Crippen LogP contribution is -2.14. The number of anilines is 1. The third kappa shape index (κ3) is 2.67. The molecule has 0 unspecified atom stereocenters. The van der Waals surface area contributed by atoms with Crippen molar-refractivity contribution in [1.29, 1.82) is 0 Å². The maximum absolute atomic E-state index is 12.3. The minimum atomic E-state index is -3.85. The van der Waals surface area contributed by atoms with Gasteiger partial charge in [0.1, 0.15) is 4.90 Å². The molecule has 0 aliphatic carbocycles. The first-order chi connectivity index (χ1) is 9.95. The Labute approximate surface area is 125 Å². The largest absolute Gasteiger partial charge is 0.265 e. The second-order valence-corrected chi connectivity index (χ2v) is 6.41. The highest BCUT2D eigenvalue weighted by Crippen LogP contribution is 2.22. The summed E-state index contributed by atoms with van der Waals surface area (Å²) in [5.41, 5.74) is 0.882. The van der Waals surface area contributed by atoms with Gasteiger partial charge in [-0.1, -0.05) is 23.7 Å². The standard InChI is InChI=1S/C12H10ClN5O2S/c1-8-6-14-12-15-11(16-18(12)7-8)17-21(19,20)10-5-3-2-4-9(10)13/h2-7H,1H3,(H,16,17). The molecule has 9 heteroatoms. The SMILES string of the molecule is Cc1cnc2nc(NS(=O)(=O)c3ccccc3Cl)nn2c1. The van der Waals surface area contributed by atoms with E-state index in [0.717, 1.165) is 5.56 Å². The van der Waals surface area contributed by atoms with Crippen LogP contribution >= 0.6 is 11.6 Å². The Morgan fingerprint density at radius 2 is 2.05 bits per heavy atom. The molecule has 2 aromatic heterocycles. The Kier molecular flexibility index (Phi) is 3.26. The summed E-state index contributed by atoms with van der Waals surface area (Å²) < 4.78 is 28.2. The van der Waals surface area contributed by atoms with Crippen LogP contribution in [0.4, 0.5) is 5.95 Å². The van der Waals surface area contributed by atoms with Crippen LogP contribution in [0.1, 0.15) is 5.56 Å². The minimum absolute atomic E-state index is 0.0327. The first kappa shape index (κ1) is 13.8. The number of fused-ring (bicyclic) bond motifs is 1. The lowest BCUT2D eigenvalue weighted by molar-refractivity contribution is 0.601. The van der Waals surface area contributed by atoms with Gasteiger partial charge in [0.2, 0.25) is 0 Å². The quantitative estimate of drug-likeness (QED) is 0.795. The number of sulfonamides is 1. The lowest BCUT2D eigenvalue weighted by Gasteiger charge is -2.05. The molecule has 3 rings (SSSR count). The fourth-order valence-electron chi connectivity index (χ4n) is 1.76. The Morgan fingerprint density at radius 3 is 2.81 bits per heavy atom. The van der Waals surface area contributed by atoms with E-state index in [1.807, 2.05) is 6.92 Å². The van der Waals surface area contributed by atoms with Crippen molar-refractivity contribution < 1.29 is 8.42 Å². The number of hydrogen-bond donors (Lipinski definition) is 1. The molecular formula is C12H10ClN5O2S. The summed E-state index contributed by atoms with van der Waals surface area (Å²) in [6.45, 7) is 1.85. The van der Waals surface area contributed by atoms with Gasteiger partial charge in [0.25, 0.3) is 21.7 Å². The van der Waals surface area contributed by atoms with Crippen LogP contribution in [-0.2, 0) is 10.0 Å². The molecule has 2 heterocycles. The fraction of sp³-hybridized carbons (Fsp3) is 0.0833. The molecule has 0 bridgehead atoms. The molecule has 1 N–H and O–H groups in total. The molecule has 0 radical (unpaired) electrons. The normalized spacial score (nSPS) is 11.7. The molecule has 108 valence electrons. The van der Waals surface area contributed by atoms with E-state index in [4.69, 9.17) is 11.6 Å². The Morgan fingerprint density at radius 1 is 1.29 bits per heavy atom. The summed E-state index contributed by atoms with van der Waals surface area (Å²) in [6, 6.07) is 6.14. The van der Waals surface area contributed by atoms with Gasteiger partial charge >= 0.3 is 0 Å². The molecule has 0 aliphatic heterocycles. The predicted molar refractivity (Wildman–Crippen MR) is 77.8 cm³/mol. The third-order valence-corrected chi connectivity index (χ3v) is 4.50. The zero-order valence-electron chi connectivity index (χ0n) is 10.9. The van der Waals surface area contributed by atoms with Gasteiger partial charge in [0.05, 0.1) is 5.02 Å². The zero-order chi connectivity index (χ0) is 15.0. The molecule has 0 aliphatic rings. The summed E-state index contributed by atoms with van der Waals surface area (Å²) >= 11 is 5.90. The third-order valence-electron chi connectivity index (χ3n) is 2.67. The van der Waals surface area contributed by atoms with E-state index in [9.17, 15) is 8.42 Å². The molecule has 0 spiro atoms. The lowest BCUT2D eigenvalue weighted by atomic mass is 10.4. The summed E-state index contributed by atoms with van der Waals surface area (Å²) in [7, 11) is -3.85. The van der Waals surface area contributed by atoms with Gasteiger partial charge in [-0.2, -0.15) is 4.98 Å². The maximum Gasteiger partial charge on any atom is 0.265 e. The predicted octanol–water partition coefficient (Wildman–Crippen LogP) is 1.89. The van der Waals surface area contributed by atoms with Crippen LogP contribution in [0.2, 0.25) is 5.02 Å². The van der Waals surface area contributed by atoms with Gasteiger partial charge in [0, 0.05) is 12.4 Å². The molecule has 0 atom stereocenters. The van der Waals surface area contributed by atoms with Crippen molar-refractivity contribution in [3.05, 3.63) is 47.2 Å². The van der Waals surface area contributed by atoms with E-state index in [1.54, 1.807) is 24.5 Å². The van der Waals surface area contributed by atoms with E-state index in [2.05, 4.69) is 19.8 Å². The van der Waals surface area contributed by atoms with Crippen LogP contribution in [0.5, 0.6) is 0 Å². The van der Waals surface area contributed by atoms with Crippen molar-refractivity contribution in [2.24, 2.45) is 0 Å². The number of aromatic nitrogens is 4. The zero-order valence-corrected chi connectivity index (χ0v) is 12.4. The smallest absolute Gasteiger partial charge is 0.246 e. The van der Waals surface area contributed by atoms with Crippen molar-refractivity contribution in [3.8, 4) is 0 Å². The summed E-state index contributed by atoms with van der Waals surface area (Å²) in [5.74, 6) is 0.241. The van der Waals surface area contributed by atoms with Crippen LogP contribution in [0.3, 0.4) is 0 Å². The Balaban J connectivity index is 1.99. The first-order valence-corrected chi connectivity index (χ1v) is 7.78. The van der Waals surface area contributed by atoms with E-state index >= 15 is 0 Å². The molecule has 0 saturated heterocycles. The maximum atomic E-state index is 12.3. The molecule has 1 aromatic carbocycles. The van der Waals surface area contributed by atoms with Crippen molar-refractivity contribution in [1.82, 2.24) is 19.6 Å². The van der Waals surface area contributed by atoms with Crippen molar-refractivity contribution in [2.75, 3.05) is 4.72 Å². The fourth-order valence-corrected chi connectivity index (χ4v) is 3.22. The Hall–Kier alpha value is -2.19. The van der Waals surface area contributed by atoms with Crippen LogP contribution < -0.4 is 4.72 Å². The number of nitrogens with one attached hydrogen (secondary N) is 1. The van der Waals surface area contributed by atoms with Gasteiger partial charge in [0.15, 0.2) is 0 Å². The summed E-state index contributed by atoms with van der Waals surface area (Å²) in [4.78, 5) is 8.02. The number of aryl methyl sites for hydroxylation is 1. The summed E-state index contributed by atoms with van der Waals surface area (Å²) in [5, 5.41) is 4.15. The number of hydrogen-bond acceptors (Lipinski definition) is 5. The first-order valence-electron chi connectivity index (χ1n) is 5.92. The highest BCUT2D eigenvalue weighted by molar-refractivity contribution is 7.92. The van der Waals surface area contributed by atoms with Crippen molar-refractivity contribution in [3.63, 3.8) is 0 Å². The molecular weight excluding hydrogens is 314 g/mol. The topological polar surface area (TPSA) is 89.2 Å². The van der Waals surface area contributed by atoms with E-state index < -0.39 is 10.0 Å². The molecule has 21 heavy (non-hydrogen) atoms. The van der Waals surface area contributed by atoms with E-state index in [1.165, 1.54) is 16.6 Å². The number of nitrogens with zero attached hydrogens (tertiary/aromatic N) is 4. The minimum Gasteiger partial charge on any atom is -0.246 e. The average molecular weight is 324 g/mol. The van der Waals surface area contributed by atoms with Crippen LogP contribution in [0, 0.1) is 6.92 Å². The monoisotopic (exact) mass is 323 g/mol. The molecule has 0 amide bonds. The highest BCUT2D eigenvalue weighted by Gasteiger charge is 2.19. The van der Waals surface area contributed by atoms with E-state index in [-0.39, 0.29) is 15.9 Å². The van der Waals surface area contributed by atoms with Gasteiger partial charge < -0.3 is 0 Å². The van der Waals surface area contributed by atoms with Crippen LogP contribution in [0.25, 0.3) is 5.78 Å². The van der Waals surface area contributed by atoms with Crippen LogP contribution in [-0.4, -0.2) is 28.0 Å². The van der Waals surface area contributed by atoms with E-state index in [0.29, 0.717) is 5.78 Å². The molecule has 3 aromatic rings. The van der Waals surface area contributed by atoms with Gasteiger partial charge in [-0.15, -0.1) is 5.10 Å². The second kappa shape index (κ2) is 4.97. The van der Waals surface area contributed by atoms with Crippen molar-refractivity contribution in [2.45, 2.75) is 11.8 Å². The molecule has 0 saturated carbocycles. The number of benzene rings is 1. The number of rotatable bonds is 3. The van der Waals surface area contributed by atoms with Crippen molar-refractivity contribution >= 4 is 33.4 Å². The molecule has 7 nitrogen and oxygen atoms in total. The van der Waals surface area contributed by atoms with Gasteiger partial charge in [-0.25, -0.2) is 22.6 Å². The second-order valence-electron chi connectivity index (χ2n) is 4.35. The van der Waals surface area contributed by atoms with Gasteiger partial charge in [-0.3, -0.25) is 0 Å². The highest BCUT2D eigenvalue weighted by atomic mass is 35.5. The molecule has 0 fully saturated rings. The number of halogens is 1. The summed E-state index contributed by atoms with van der Waals surface area (Å²) in [6.07, 6.45) is 3.32. The van der Waals surface area contributed by atoms with Gasteiger partial charge in [-0.05, 0) is 24.6 Å². The average Bonchev–Trinajstić information content (AvgIpc) is 2.79.